The van der Waals surface area contributed by atoms with Gasteiger partial charge < -0.3 is 5.32 Å². The maximum atomic E-state index is 5.17. The summed E-state index contributed by atoms with van der Waals surface area (Å²) >= 11 is 6.80. The van der Waals surface area contributed by atoms with Gasteiger partial charge in [-0.25, -0.2) is 0 Å². The zero-order valence-corrected chi connectivity index (χ0v) is 12.5. The number of nitrogens with zero attached hydrogens (tertiary/aromatic N) is 2. The van der Waals surface area contributed by atoms with E-state index in [1.165, 1.54) is 4.70 Å². The van der Waals surface area contributed by atoms with Crippen LogP contribution in [-0.4, -0.2) is 16.7 Å². The van der Waals surface area contributed by atoms with Gasteiger partial charge in [-0.15, -0.1) is 0 Å². The molecule has 0 aliphatic carbocycles. The molecule has 0 spiro atoms. The summed E-state index contributed by atoms with van der Waals surface area (Å²) in [5, 5.41) is 3.38. The number of nitrogens with one attached hydrogen (secondary N) is 1. The first kappa shape index (κ1) is 13.0. The molecule has 0 amide bonds. The van der Waals surface area contributed by atoms with Gasteiger partial charge in [0.05, 0.1) is 10.2 Å². The second-order valence-electron chi connectivity index (χ2n) is 4.19. The molecular formula is C15H13N3S2. The summed E-state index contributed by atoms with van der Waals surface area (Å²) in [4.78, 5) is 5.36. The van der Waals surface area contributed by atoms with Crippen LogP contribution in [0.3, 0.4) is 0 Å². The first-order chi connectivity index (χ1) is 9.79. The summed E-state index contributed by atoms with van der Waals surface area (Å²) in [6, 6.07) is 18.5. The SMILES string of the molecule is CNC(=S)/N=c1/sc2ccccc2n1-c1ccccc1. The highest BCUT2D eigenvalue weighted by Gasteiger charge is 2.07. The Kier molecular flexibility index (Phi) is 3.62. The highest BCUT2D eigenvalue weighted by atomic mass is 32.1. The molecular weight excluding hydrogens is 286 g/mol. The van der Waals surface area contributed by atoms with E-state index in [1.54, 1.807) is 18.4 Å². The number of fused-ring (bicyclic) bond motifs is 1. The average Bonchev–Trinajstić information content (AvgIpc) is 2.85. The summed E-state index contributed by atoms with van der Waals surface area (Å²) in [7, 11) is 1.78. The normalized spacial score (nSPS) is 11.8. The molecule has 2 aromatic carbocycles. The van der Waals surface area contributed by atoms with Crippen molar-refractivity contribution in [1.82, 2.24) is 9.88 Å². The molecule has 3 nitrogen and oxygen atoms in total. The highest BCUT2D eigenvalue weighted by Crippen LogP contribution is 2.20. The molecule has 0 aliphatic rings. The van der Waals surface area contributed by atoms with Crippen LogP contribution in [0.1, 0.15) is 0 Å². The maximum absolute atomic E-state index is 5.17. The second kappa shape index (κ2) is 5.56. The summed E-state index contributed by atoms with van der Waals surface area (Å²) in [6.07, 6.45) is 0. The van der Waals surface area contributed by atoms with Crippen molar-refractivity contribution in [2.75, 3.05) is 7.05 Å². The minimum Gasteiger partial charge on any atom is -0.364 e. The van der Waals surface area contributed by atoms with E-state index in [9.17, 15) is 0 Å². The van der Waals surface area contributed by atoms with Crippen molar-refractivity contribution in [2.45, 2.75) is 0 Å². The van der Waals surface area contributed by atoms with E-state index in [0.717, 1.165) is 16.0 Å². The van der Waals surface area contributed by atoms with Crippen LogP contribution in [0.25, 0.3) is 15.9 Å². The summed E-state index contributed by atoms with van der Waals surface area (Å²) in [5.41, 5.74) is 2.23. The van der Waals surface area contributed by atoms with E-state index in [1.807, 2.05) is 30.3 Å². The Hall–Kier alpha value is -1.98. The third-order valence-corrected chi connectivity index (χ3v) is 4.24. The second-order valence-corrected chi connectivity index (χ2v) is 5.59. The maximum Gasteiger partial charge on any atom is 0.197 e. The zero-order valence-electron chi connectivity index (χ0n) is 10.9. The molecule has 0 saturated heterocycles. The van der Waals surface area contributed by atoms with Gasteiger partial charge in [0, 0.05) is 12.7 Å². The standard InChI is InChI=1S/C15H13N3S2/c1-16-14(19)17-15-18(11-7-3-2-4-8-11)12-9-5-6-10-13(12)20-15/h2-10H,1H3,(H,16,19)/b17-15+. The van der Waals surface area contributed by atoms with E-state index in [0.29, 0.717) is 5.11 Å². The van der Waals surface area contributed by atoms with Crippen molar-refractivity contribution in [3.8, 4) is 5.69 Å². The Labute approximate surface area is 126 Å². The number of benzene rings is 2. The minimum atomic E-state index is 0.487. The van der Waals surface area contributed by atoms with Crippen LogP contribution in [0.2, 0.25) is 0 Å². The van der Waals surface area contributed by atoms with Crippen molar-refractivity contribution < 1.29 is 0 Å². The van der Waals surface area contributed by atoms with E-state index in [-0.39, 0.29) is 0 Å². The first-order valence-corrected chi connectivity index (χ1v) is 7.44. The molecule has 0 aliphatic heterocycles. The Morgan fingerprint density at radius 1 is 1.10 bits per heavy atom. The Bertz CT molecular complexity index is 816. The number of thiazole rings is 1. The molecule has 0 atom stereocenters. The van der Waals surface area contributed by atoms with Gasteiger partial charge in [-0.1, -0.05) is 41.7 Å². The fourth-order valence-electron chi connectivity index (χ4n) is 2.02. The van der Waals surface area contributed by atoms with Crippen LogP contribution in [0.15, 0.2) is 59.6 Å². The monoisotopic (exact) mass is 299 g/mol. The molecule has 3 aromatic rings. The molecule has 20 heavy (non-hydrogen) atoms. The fraction of sp³-hybridized carbons (Fsp3) is 0.0667. The lowest BCUT2D eigenvalue weighted by Crippen LogP contribution is -2.20. The van der Waals surface area contributed by atoms with Gasteiger partial charge in [0.25, 0.3) is 0 Å². The van der Waals surface area contributed by atoms with Crippen LogP contribution in [0.4, 0.5) is 0 Å². The summed E-state index contributed by atoms with van der Waals surface area (Å²) in [5.74, 6) is 0. The van der Waals surface area contributed by atoms with Crippen LogP contribution >= 0.6 is 23.6 Å². The molecule has 1 heterocycles. The van der Waals surface area contributed by atoms with Crippen LogP contribution in [0.5, 0.6) is 0 Å². The number of hydrogen-bond donors (Lipinski definition) is 1. The number of aromatic nitrogens is 1. The van der Waals surface area contributed by atoms with Crippen LogP contribution in [0, 0.1) is 0 Å². The van der Waals surface area contributed by atoms with Crippen LogP contribution in [-0.2, 0) is 0 Å². The number of thiocarbonyl (C=S) groups is 1. The lowest BCUT2D eigenvalue weighted by molar-refractivity contribution is 1.04. The first-order valence-electron chi connectivity index (χ1n) is 6.22. The molecule has 3 rings (SSSR count). The Balaban J connectivity index is 2.35. The number of hydrogen-bond acceptors (Lipinski definition) is 2. The minimum absolute atomic E-state index is 0.487. The predicted molar refractivity (Wildman–Crippen MR) is 88.4 cm³/mol. The van der Waals surface area contributed by atoms with Gasteiger partial charge in [0.15, 0.2) is 9.91 Å². The Morgan fingerprint density at radius 3 is 2.55 bits per heavy atom. The molecule has 0 saturated carbocycles. The molecule has 0 radical (unpaired) electrons. The lowest BCUT2D eigenvalue weighted by atomic mass is 10.3. The molecule has 100 valence electrons. The highest BCUT2D eigenvalue weighted by molar-refractivity contribution is 7.80. The third-order valence-electron chi connectivity index (χ3n) is 2.92. The summed E-state index contributed by atoms with van der Waals surface area (Å²) in [6.45, 7) is 0. The Morgan fingerprint density at radius 2 is 1.80 bits per heavy atom. The molecule has 1 aromatic heterocycles. The largest absolute Gasteiger partial charge is 0.364 e. The molecule has 0 bridgehead atoms. The smallest absolute Gasteiger partial charge is 0.197 e. The van der Waals surface area contributed by atoms with Gasteiger partial charge in [-0.2, -0.15) is 4.99 Å². The predicted octanol–water partition coefficient (Wildman–Crippen LogP) is 3.10. The van der Waals surface area contributed by atoms with Gasteiger partial charge in [0.1, 0.15) is 0 Å². The average molecular weight is 299 g/mol. The van der Waals surface area contributed by atoms with Crippen LogP contribution < -0.4 is 10.1 Å². The topological polar surface area (TPSA) is 29.3 Å². The van der Waals surface area contributed by atoms with E-state index >= 15 is 0 Å². The van der Waals surface area contributed by atoms with Gasteiger partial charge in [0.2, 0.25) is 0 Å². The molecule has 5 heteroatoms. The zero-order chi connectivity index (χ0) is 13.9. The van der Waals surface area contributed by atoms with Crippen molar-refractivity contribution in [3.63, 3.8) is 0 Å². The van der Waals surface area contributed by atoms with Gasteiger partial charge >= 0.3 is 0 Å². The van der Waals surface area contributed by atoms with Crippen molar-refractivity contribution >= 4 is 38.9 Å². The van der Waals surface area contributed by atoms with Crippen molar-refractivity contribution in [2.24, 2.45) is 4.99 Å². The molecule has 1 N–H and O–H groups in total. The quantitative estimate of drug-likeness (QED) is 0.700. The van der Waals surface area contributed by atoms with Gasteiger partial charge in [-0.05, 0) is 36.5 Å². The van der Waals surface area contributed by atoms with E-state index in [2.05, 4.69) is 39.1 Å². The molecule has 0 fully saturated rings. The molecule has 0 unspecified atom stereocenters. The fourth-order valence-corrected chi connectivity index (χ4v) is 3.20. The van der Waals surface area contributed by atoms with Crippen molar-refractivity contribution in [1.29, 1.82) is 0 Å². The number of para-hydroxylation sites is 2. The van der Waals surface area contributed by atoms with E-state index in [4.69, 9.17) is 12.2 Å². The van der Waals surface area contributed by atoms with Gasteiger partial charge in [-0.3, -0.25) is 4.57 Å². The number of rotatable bonds is 1. The lowest BCUT2D eigenvalue weighted by Gasteiger charge is -2.04. The summed E-state index contributed by atoms with van der Waals surface area (Å²) < 4.78 is 3.32. The van der Waals surface area contributed by atoms with E-state index < -0.39 is 0 Å². The van der Waals surface area contributed by atoms with Crippen molar-refractivity contribution in [3.05, 3.63) is 59.4 Å². The third kappa shape index (κ3) is 2.37.